The number of hydrogen-bond donors (Lipinski definition) is 0. The Labute approximate surface area is 188 Å². The van der Waals surface area contributed by atoms with E-state index in [-0.39, 0.29) is 17.5 Å². The molecule has 1 saturated heterocycles. The van der Waals surface area contributed by atoms with Crippen molar-refractivity contribution in [2.24, 2.45) is 0 Å². The molecule has 2 aromatic heterocycles. The highest BCUT2D eigenvalue weighted by atomic mass is 32.2. The second-order valence-corrected chi connectivity index (χ2v) is 8.30. The quantitative estimate of drug-likeness (QED) is 0.428. The van der Waals surface area contributed by atoms with Gasteiger partial charge in [-0.3, -0.25) is 4.79 Å². The lowest BCUT2D eigenvalue weighted by molar-refractivity contribution is -0.128. The number of benzene rings is 2. The monoisotopic (exact) mass is 449 g/mol. The highest BCUT2D eigenvalue weighted by molar-refractivity contribution is 7.99. The number of carbonyl (C=O) groups excluding carboxylic acids is 1. The van der Waals surface area contributed by atoms with Gasteiger partial charge in [-0.15, -0.1) is 0 Å². The number of aromatic nitrogens is 3. The molecule has 3 heterocycles. The topological polar surface area (TPSA) is 75.4 Å². The van der Waals surface area contributed by atoms with Gasteiger partial charge in [0.25, 0.3) is 5.22 Å². The first-order valence-electron chi connectivity index (χ1n) is 10.2. The van der Waals surface area contributed by atoms with E-state index < -0.39 is 0 Å². The fourth-order valence-electron chi connectivity index (χ4n) is 3.61. The van der Waals surface area contributed by atoms with E-state index in [0.29, 0.717) is 31.4 Å². The minimum Gasteiger partial charge on any atom is -0.431 e. The van der Waals surface area contributed by atoms with Gasteiger partial charge in [0.15, 0.2) is 5.58 Å². The normalized spacial score (nSPS) is 14.2. The van der Waals surface area contributed by atoms with Crippen LogP contribution in [-0.4, -0.2) is 57.7 Å². The number of halogens is 1. The van der Waals surface area contributed by atoms with E-state index in [1.54, 1.807) is 12.1 Å². The lowest BCUT2D eigenvalue weighted by atomic mass is 10.1. The van der Waals surface area contributed by atoms with Gasteiger partial charge < -0.3 is 14.2 Å². The maximum absolute atomic E-state index is 13.2. The van der Waals surface area contributed by atoms with Gasteiger partial charge in [0.05, 0.1) is 11.4 Å². The molecule has 7 nitrogen and oxygen atoms in total. The largest absolute Gasteiger partial charge is 0.431 e. The summed E-state index contributed by atoms with van der Waals surface area (Å²) in [5.41, 5.74) is 3.09. The number of amides is 1. The Morgan fingerprint density at radius 3 is 2.59 bits per heavy atom. The number of fused-ring (bicyclic) bond motifs is 1. The number of carbonyl (C=O) groups is 1. The van der Waals surface area contributed by atoms with Crippen LogP contribution in [0, 0.1) is 5.82 Å². The van der Waals surface area contributed by atoms with E-state index in [0.717, 1.165) is 28.2 Å². The Bertz CT molecular complexity index is 1210. The fraction of sp³-hybridized carbons (Fsp3) is 0.217. The molecule has 0 unspecified atom stereocenters. The Morgan fingerprint density at radius 2 is 1.81 bits per heavy atom. The van der Waals surface area contributed by atoms with Crippen molar-refractivity contribution in [1.29, 1.82) is 0 Å². The van der Waals surface area contributed by atoms with E-state index >= 15 is 0 Å². The number of hydrogen-bond acceptors (Lipinski definition) is 7. The molecular weight excluding hydrogens is 429 g/mol. The Hall–Kier alpha value is -3.46. The summed E-state index contributed by atoms with van der Waals surface area (Å²) in [4.78, 5) is 29.7. The lowest BCUT2D eigenvalue weighted by Gasteiger charge is -2.35. The van der Waals surface area contributed by atoms with E-state index in [1.165, 1.54) is 30.2 Å². The second-order valence-electron chi connectivity index (χ2n) is 7.37. The molecule has 0 saturated carbocycles. The van der Waals surface area contributed by atoms with Gasteiger partial charge in [-0.05, 0) is 36.4 Å². The molecule has 2 aromatic carbocycles. The molecule has 1 aliphatic rings. The number of nitrogens with zero attached hydrogens (tertiary/aromatic N) is 5. The molecule has 5 rings (SSSR count). The van der Waals surface area contributed by atoms with Crippen LogP contribution in [0.5, 0.6) is 0 Å². The first-order valence-corrected chi connectivity index (χ1v) is 11.2. The smallest absolute Gasteiger partial charge is 0.257 e. The number of para-hydroxylation sites is 2. The van der Waals surface area contributed by atoms with Gasteiger partial charge in [-0.2, -0.15) is 0 Å². The molecule has 1 fully saturated rings. The van der Waals surface area contributed by atoms with Gasteiger partial charge in [0, 0.05) is 37.8 Å². The first kappa shape index (κ1) is 20.4. The van der Waals surface area contributed by atoms with Crippen molar-refractivity contribution in [3.8, 4) is 11.3 Å². The van der Waals surface area contributed by atoms with Crippen LogP contribution in [-0.2, 0) is 4.79 Å². The summed E-state index contributed by atoms with van der Waals surface area (Å²) in [6, 6.07) is 15.7. The predicted octanol–water partition coefficient (Wildman–Crippen LogP) is 3.86. The molecule has 162 valence electrons. The zero-order valence-corrected chi connectivity index (χ0v) is 18.0. The average molecular weight is 450 g/mol. The van der Waals surface area contributed by atoms with Crippen molar-refractivity contribution < 1.29 is 13.6 Å². The summed E-state index contributed by atoms with van der Waals surface area (Å²) in [5, 5.41) is 0.507. The summed E-state index contributed by atoms with van der Waals surface area (Å²) in [6.07, 6.45) is 1.52. The maximum atomic E-state index is 13.2. The molecule has 1 amide bonds. The molecule has 9 heteroatoms. The molecule has 1 aliphatic heterocycles. The number of anilines is 1. The van der Waals surface area contributed by atoms with Crippen LogP contribution in [0.25, 0.3) is 22.4 Å². The molecule has 32 heavy (non-hydrogen) atoms. The van der Waals surface area contributed by atoms with E-state index in [2.05, 4.69) is 19.9 Å². The standard InChI is InChI=1S/C23H20FN5O2S/c24-17-7-5-16(6-8-17)19-13-21(26-15-25-19)28-9-11-29(12-10-28)22(30)14-32-23-27-18-3-1-2-4-20(18)31-23/h1-8,13,15H,9-12,14H2. The van der Waals surface area contributed by atoms with Crippen LogP contribution in [0.3, 0.4) is 0 Å². The van der Waals surface area contributed by atoms with Gasteiger partial charge in [-0.25, -0.2) is 19.3 Å². The minimum absolute atomic E-state index is 0.0617. The number of rotatable bonds is 5. The van der Waals surface area contributed by atoms with Crippen molar-refractivity contribution in [1.82, 2.24) is 19.9 Å². The number of thioether (sulfide) groups is 1. The van der Waals surface area contributed by atoms with Crippen LogP contribution in [0.2, 0.25) is 0 Å². The van der Waals surface area contributed by atoms with Gasteiger partial charge in [0.1, 0.15) is 23.5 Å². The lowest BCUT2D eigenvalue weighted by Crippen LogP contribution is -2.49. The van der Waals surface area contributed by atoms with Crippen LogP contribution in [0.1, 0.15) is 0 Å². The molecule has 4 aromatic rings. The van der Waals surface area contributed by atoms with Gasteiger partial charge in [-0.1, -0.05) is 23.9 Å². The average Bonchev–Trinajstić information content (AvgIpc) is 3.26. The summed E-state index contributed by atoms with van der Waals surface area (Å²) in [6.45, 7) is 2.59. The summed E-state index contributed by atoms with van der Waals surface area (Å²) >= 11 is 1.32. The molecule has 0 radical (unpaired) electrons. The molecule has 0 aliphatic carbocycles. The van der Waals surface area contributed by atoms with Crippen molar-refractivity contribution in [2.45, 2.75) is 5.22 Å². The van der Waals surface area contributed by atoms with Crippen LogP contribution >= 0.6 is 11.8 Å². The first-order chi connectivity index (χ1) is 15.7. The van der Waals surface area contributed by atoms with Crippen molar-refractivity contribution in [2.75, 3.05) is 36.8 Å². The summed E-state index contributed by atoms with van der Waals surface area (Å²) < 4.78 is 18.9. The van der Waals surface area contributed by atoms with Crippen molar-refractivity contribution in [3.63, 3.8) is 0 Å². The third-order valence-corrected chi connectivity index (χ3v) is 6.16. The Morgan fingerprint density at radius 1 is 1.03 bits per heavy atom. The molecular formula is C23H20FN5O2S. The molecule has 0 bridgehead atoms. The molecule has 0 N–H and O–H groups in total. The van der Waals surface area contributed by atoms with Gasteiger partial charge >= 0.3 is 0 Å². The third kappa shape index (κ3) is 4.43. The number of piperazine rings is 1. The summed E-state index contributed by atoms with van der Waals surface area (Å²) in [7, 11) is 0. The van der Waals surface area contributed by atoms with Crippen molar-refractivity contribution >= 4 is 34.6 Å². The zero-order valence-electron chi connectivity index (χ0n) is 17.1. The van der Waals surface area contributed by atoms with Crippen LogP contribution in [0.4, 0.5) is 10.2 Å². The van der Waals surface area contributed by atoms with E-state index in [9.17, 15) is 9.18 Å². The van der Waals surface area contributed by atoms with Crippen LogP contribution < -0.4 is 4.90 Å². The van der Waals surface area contributed by atoms with Crippen molar-refractivity contribution in [3.05, 3.63) is 66.7 Å². The fourth-order valence-corrected chi connectivity index (χ4v) is 4.35. The highest BCUT2D eigenvalue weighted by Gasteiger charge is 2.23. The maximum Gasteiger partial charge on any atom is 0.257 e. The second kappa shape index (κ2) is 8.96. The van der Waals surface area contributed by atoms with Crippen LogP contribution in [0.15, 0.2) is 70.6 Å². The molecule has 0 atom stereocenters. The van der Waals surface area contributed by atoms with Gasteiger partial charge in [0.2, 0.25) is 5.91 Å². The Kier molecular flexibility index (Phi) is 5.72. The minimum atomic E-state index is -0.280. The Balaban J connectivity index is 1.17. The summed E-state index contributed by atoms with van der Waals surface area (Å²) in [5.74, 6) is 0.867. The highest BCUT2D eigenvalue weighted by Crippen LogP contribution is 2.24. The molecule has 0 spiro atoms. The zero-order chi connectivity index (χ0) is 21.9. The van der Waals surface area contributed by atoms with E-state index in [4.69, 9.17) is 4.42 Å². The van der Waals surface area contributed by atoms with E-state index in [1.807, 2.05) is 35.2 Å². The third-order valence-electron chi connectivity index (χ3n) is 5.34. The number of oxazole rings is 1. The SMILES string of the molecule is O=C(CSc1nc2ccccc2o1)N1CCN(c2cc(-c3ccc(F)cc3)ncn2)CC1. The predicted molar refractivity (Wildman–Crippen MR) is 121 cm³/mol.